The van der Waals surface area contributed by atoms with Crippen molar-refractivity contribution in [2.45, 2.75) is 32.9 Å². The Hall–Kier alpha value is -1.78. The van der Waals surface area contributed by atoms with Crippen molar-refractivity contribution in [2.24, 2.45) is 0 Å². The number of carbonyl (C=O) groups excluding carboxylic acids is 1. The molecule has 16 heavy (non-hydrogen) atoms. The third kappa shape index (κ3) is 3.42. The largest absolute Gasteiger partial charge is 0.461 e. The van der Waals surface area contributed by atoms with Gasteiger partial charge in [0.15, 0.2) is 0 Å². The van der Waals surface area contributed by atoms with Gasteiger partial charge >= 0.3 is 5.97 Å². The molecule has 0 aliphatic heterocycles. The fourth-order valence-electron chi connectivity index (χ4n) is 1.16. The Morgan fingerprint density at radius 1 is 1.56 bits per heavy atom. The Morgan fingerprint density at radius 3 is 2.88 bits per heavy atom. The van der Waals surface area contributed by atoms with Crippen LogP contribution in [0.1, 0.15) is 20.3 Å². The maximum absolute atomic E-state index is 11.4. The molecule has 1 rings (SSSR count). The van der Waals surface area contributed by atoms with E-state index in [4.69, 9.17) is 10.5 Å². The predicted molar refractivity (Wildman–Crippen MR) is 61.0 cm³/mol. The third-order valence-electron chi connectivity index (χ3n) is 2.21. The standard InChI is InChI=1S/C11H16N2O3/c1-3-8(2)16-11(15)7-13-6-9(12)4-5-10(13)14/h4-6,8H,3,7,12H2,1-2H3. The highest BCUT2D eigenvalue weighted by molar-refractivity contribution is 5.69. The Bertz CT molecular complexity index is 425. The van der Waals surface area contributed by atoms with Gasteiger partial charge < -0.3 is 15.0 Å². The van der Waals surface area contributed by atoms with E-state index in [2.05, 4.69) is 0 Å². The van der Waals surface area contributed by atoms with Gasteiger partial charge in [0.25, 0.3) is 5.56 Å². The van der Waals surface area contributed by atoms with Crippen LogP contribution in [-0.2, 0) is 16.1 Å². The summed E-state index contributed by atoms with van der Waals surface area (Å²) in [6.45, 7) is 3.62. The molecule has 1 heterocycles. The number of pyridine rings is 1. The number of ether oxygens (including phenoxy) is 1. The molecule has 5 nitrogen and oxygen atoms in total. The lowest BCUT2D eigenvalue weighted by Crippen LogP contribution is -2.26. The Labute approximate surface area is 93.8 Å². The minimum atomic E-state index is -0.429. The lowest BCUT2D eigenvalue weighted by molar-refractivity contribution is -0.149. The molecule has 0 amide bonds. The van der Waals surface area contributed by atoms with E-state index in [0.29, 0.717) is 5.69 Å². The van der Waals surface area contributed by atoms with Crippen LogP contribution in [-0.4, -0.2) is 16.6 Å². The van der Waals surface area contributed by atoms with E-state index in [1.54, 1.807) is 6.92 Å². The predicted octanol–water partition coefficient (Wildman–Crippen LogP) is 0.772. The lowest BCUT2D eigenvalue weighted by Gasteiger charge is -2.11. The second-order valence-electron chi connectivity index (χ2n) is 3.64. The molecule has 0 saturated carbocycles. The molecule has 0 aromatic carbocycles. The molecule has 1 aromatic heterocycles. The number of aromatic nitrogens is 1. The van der Waals surface area contributed by atoms with Gasteiger partial charge in [-0.3, -0.25) is 9.59 Å². The lowest BCUT2D eigenvalue weighted by atomic mass is 10.3. The first-order chi connectivity index (χ1) is 7.52. The van der Waals surface area contributed by atoms with Gasteiger partial charge in [-0.2, -0.15) is 0 Å². The molecule has 0 aliphatic rings. The van der Waals surface area contributed by atoms with Crippen LogP contribution >= 0.6 is 0 Å². The first-order valence-corrected chi connectivity index (χ1v) is 5.18. The molecule has 5 heteroatoms. The van der Waals surface area contributed by atoms with Crippen molar-refractivity contribution in [3.63, 3.8) is 0 Å². The highest BCUT2D eigenvalue weighted by atomic mass is 16.5. The van der Waals surface area contributed by atoms with Crippen LogP contribution in [0.5, 0.6) is 0 Å². The monoisotopic (exact) mass is 224 g/mol. The molecule has 1 unspecified atom stereocenters. The molecule has 0 fully saturated rings. The molecule has 0 saturated heterocycles. The fraction of sp³-hybridized carbons (Fsp3) is 0.455. The average molecular weight is 224 g/mol. The molecular formula is C11H16N2O3. The summed E-state index contributed by atoms with van der Waals surface area (Å²) in [5.41, 5.74) is 5.69. The topological polar surface area (TPSA) is 74.3 Å². The van der Waals surface area contributed by atoms with Gasteiger partial charge in [0.2, 0.25) is 0 Å². The molecule has 0 radical (unpaired) electrons. The average Bonchev–Trinajstić information content (AvgIpc) is 2.23. The second-order valence-corrected chi connectivity index (χ2v) is 3.64. The number of nitrogens with two attached hydrogens (primary N) is 1. The zero-order valence-electron chi connectivity index (χ0n) is 9.47. The van der Waals surface area contributed by atoms with E-state index in [0.717, 1.165) is 6.42 Å². The van der Waals surface area contributed by atoms with Crippen molar-refractivity contribution in [1.29, 1.82) is 0 Å². The molecule has 2 N–H and O–H groups in total. The third-order valence-corrected chi connectivity index (χ3v) is 2.21. The summed E-state index contributed by atoms with van der Waals surface area (Å²) in [7, 11) is 0. The molecule has 1 aromatic rings. The van der Waals surface area contributed by atoms with Crippen molar-refractivity contribution >= 4 is 11.7 Å². The van der Waals surface area contributed by atoms with Gasteiger partial charge in [-0.05, 0) is 19.4 Å². The fourth-order valence-corrected chi connectivity index (χ4v) is 1.16. The van der Waals surface area contributed by atoms with E-state index in [-0.39, 0.29) is 18.2 Å². The van der Waals surface area contributed by atoms with Crippen LogP contribution in [0.15, 0.2) is 23.1 Å². The summed E-state index contributed by atoms with van der Waals surface area (Å²) in [5.74, 6) is -0.429. The number of nitrogens with zero attached hydrogens (tertiary/aromatic N) is 1. The Balaban J connectivity index is 2.69. The summed E-state index contributed by atoms with van der Waals surface area (Å²) in [6, 6.07) is 2.82. The maximum Gasteiger partial charge on any atom is 0.326 e. The number of nitrogen functional groups attached to an aromatic ring is 1. The number of anilines is 1. The SMILES string of the molecule is CCC(C)OC(=O)Cn1cc(N)ccc1=O. The van der Waals surface area contributed by atoms with E-state index in [1.807, 2.05) is 6.92 Å². The van der Waals surface area contributed by atoms with Gasteiger partial charge in [-0.1, -0.05) is 6.92 Å². The van der Waals surface area contributed by atoms with Gasteiger partial charge in [-0.25, -0.2) is 0 Å². The van der Waals surface area contributed by atoms with Gasteiger partial charge in [0, 0.05) is 18.0 Å². The van der Waals surface area contributed by atoms with Crippen LogP contribution in [0.4, 0.5) is 5.69 Å². The molecular weight excluding hydrogens is 208 g/mol. The van der Waals surface area contributed by atoms with Crippen LogP contribution in [0.3, 0.4) is 0 Å². The number of rotatable bonds is 4. The second kappa shape index (κ2) is 5.34. The van der Waals surface area contributed by atoms with Crippen molar-refractivity contribution in [3.05, 3.63) is 28.7 Å². The van der Waals surface area contributed by atoms with Crippen LogP contribution < -0.4 is 11.3 Å². The van der Waals surface area contributed by atoms with Crippen LogP contribution in [0.25, 0.3) is 0 Å². The van der Waals surface area contributed by atoms with Crippen LogP contribution in [0.2, 0.25) is 0 Å². The van der Waals surface area contributed by atoms with Gasteiger partial charge in [0.1, 0.15) is 6.54 Å². The first kappa shape index (κ1) is 12.3. The van der Waals surface area contributed by atoms with Crippen molar-refractivity contribution in [2.75, 3.05) is 5.73 Å². The zero-order valence-corrected chi connectivity index (χ0v) is 9.47. The Kier molecular flexibility index (Phi) is 4.10. The van der Waals surface area contributed by atoms with Crippen LogP contribution in [0, 0.1) is 0 Å². The highest BCUT2D eigenvalue weighted by Gasteiger charge is 2.09. The highest BCUT2D eigenvalue weighted by Crippen LogP contribution is 1.99. The van der Waals surface area contributed by atoms with Crippen molar-refractivity contribution in [3.8, 4) is 0 Å². The van der Waals surface area contributed by atoms with E-state index >= 15 is 0 Å². The maximum atomic E-state index is 11.4. The van der Waals surface area contributed by atoms with E-state index in [9.17, 15) is 9.59 Å². The molecule has 0 aliphatic carbocycles. The van der Waals surface area contributed by atoms with Crippen molar-refractivity contribution in [1.82, 2.24) is 4.57 Å². The molecule has 0 spiro atoms. The molecule has 88 valence electrons. The summed E-state index contributed by atoms with van der Waals surface area (Å²) >= 11 is 0. The summed E-state index contributed by atoms with van der Waals surface area (Å²) in [6.07, 6.45) is 2.04. The summed E-state index contributed by atoms with van der Waals surface area (Å²) in [5, 5.41) is 0. The Morgan fingerprint density at radius 2 is 2.25 bits per heavy atom. The summed E-state index contributed by atoms with van der Waals surface area (Å²) in [4.78, 5) is 22.8. The number of esters is 1. The minimum Gasteiger partial charge on any atom is -0.461 e. The van der Waals surface area contributed by atoms with E-state index < -0.39 is 5.97 Å². The van der Waals surface area contributed by atoms with E-state index in [1.165, 1.54) is 22.9 Å². The number of hydrogen-bond donors (Lipinski definition) is 1. The normalized spacial score (nSPS) is 12.1. The smallest absolute Gasteiger partial charge is 0.326 e. The minimum absolute atomic E-state index is 0.103. The first-order valence-electron chi connectivity index (χ1n) is 5.18. The van der Waals surface area contributed by atoms with Crippen molar-refractivity contribution < 1.29 is 9.53 Å². The number of carbonyl (C=O) groups is 1. The molecule has 1 atom stereocenters. The van der Waals surface area contributed by atoms with Gasteiger partial charge in [-0.15, -0.1) is 0 Å². The number of hydrogen-bond acceptors (Lipinski definition) is 4. The van der Waals surface area contributed by atoms with Gasteiger partial charge in [0.05, 0.1) is 6.10 Å². The zero-order chi connectivity index (χ0) is 12.1. The molecule has 0 bridgehead atoms. The quantitative estimate of drug-likeness (QED) is 0.767. The summed E-state index contributed by atoms with van der Waals surface area (Å²) < 4.78 is 6.29.